The first-order valence-electron chi connectivity index (χ1n) is 7.18. The van der Waals surface area contributed by atoms with E-state index < -0.39 is 0 Å². The van der Waals surface area contributed by atoms with Gasteiger partial charge in [-0.15, -0.1) is 12.4 Å². The van der Waals surface area contributed by atoms with E-state index in [0.29, 0.717) is 11.8 Å². The maximum atomic E-state index is 12.3. The van der Waals surface area contributed by atoms with E-state index in [-0.39, 0.29) is 12.4 Å². The summed E-state index contributed by atoms with van der Waals surface area (Å²) in [5.41, 5.74) is 0. The van der Waals surface area contributed by atoms with Crippen LogP contribution in [-0.2, 0) is 4.79 Å². The molecule has 1 saturated heterocycles. The standard InChI is InChI=1S/C14H26N2O.ClH/c1-11(2)12-3-5-13(6-4-12)14(17)16-9-7-15-8-10-16;/h11-13,15H,3-10H2,1-2H3;1H. The van der Waals surface area contributed by atoms with Crippen molar-refractivity contribution in [2.24, 2.45) is 17.8 Å². The Morgan fingerprint density at radius 2 is 1.67 bits per heavy atom. The van der Waals surface area contributed by atoms with Crippen LogP contribution in [0.5, 0.6) is 0 Å². The van der Waals surface area contributed by atoms with Crippen LogP contribution in [0.3, 0.4) is 0 Å². The van der Waals surface area contributed by atoms with Crippen LogP contribution in [0.25, 0.3) is 0 Å². The second kappa shape index (κ2) is 7.34. The summed E-state index contributed by atoms with van der Waals surface area (Å²) in [5.74, 6) is 2.38. The van der Waals surface area contributed by atoms with Gasteiger partial charge in [0.25, 0.3) is 0 Å². The number of nitrogens with zero attached hydrogens (tertiary/aromatic N) is 1. The first kappa shape index (κ1) is 15.8. The minimum Gasteiger partial charge on any atom is -0.340 e. The Balaban J connectivity index is 0.00000162. The maximum absolute atomic E-state index is 12.3. The molecule has 3 nitrogen and oxygen atoms in total. The molecule has 1 saturated carbocycles. The zero-order valence-corrected chi connectivity index (χ0v) is 12.5. The van der Waals surface area contributed by atoms with Gasteiger partial charge < -0.3 is 10.2 Å². The molecule has 1 N–H and O–H groups in total. The highest BCUT2D eigenvalue weighted by atomic mass is 35.5. The van der Waals surface area contributed by atoms with Crippen molar-refractivity contribution in [3.05, 3.63) is 0 Å². The lowest BCUT2D eigenvalue weighted by Crippen LogP contribution is -2.48. The largest absolute Gasteiger partial charge is 0.340 e. The Morgan fingerprint density at radius 1 is 1.11 bits per heavy atom. The van der Waals surface area contributed by atoms with Gasteiger partial charge in [0, 0.05) is 32.1 Å². The Labute approximate surface area is 117 Å². The third-order valence-electron chi connectivity index (χ3n) is 4.49. The second-order valence-electron chi connectivity index (χ2n) is 5.93. The first-order chi connectivity index (χ1) is 8.18. The van der Waals surface area contributed by atoms with Crippen LogP contribution < -0.4 is 5.32 Å². The van der Waals surface area contributed by atoms with Crippen LogP contribution in [-0.4, -0.2) is 37.0 Å². The van der Waals surface area contributed by atoms with Crippen LogP contribution in [0, 0.1) is 17.8 Å². The van der Waals surface area contributed by atoms with E-state index in [1.807, 2.05) is 0 Å². The number of rotatable bonds is 2. The fraction of sp³-hybridized carbons (Fsp3) is 0.929. The fourth-order valence-electron chi connectivity index (χ4n) is 3.18. The Hall–Kier alpha value is -0.280. The molecule has 2 aliphatic rings. The third kappa shape index (κ3) is 3.86. The zero-order chi connectivity index (χ0) is 12.3. The number of halogens is 1. The van der Waals surface area contributed by atoms with Crippen molar-refractivity contribution in [1.82, 2.24) is 10.2 Å². The Morgan fingerprint density at radius 3 is 2.17 bits per heavy atom. The highest BCUT2D eigenvalue weighted by Gasteiger charge is 2.30. The summed E-state index contributed by atoms with van der Waals surface area (Å²) < 4.78 is 0. The topological polar surface area (TPSA) is 32.3 Å². The molecule has 106 valence electrons. The minimum absolute atomic E-state index is 0. The van der Waals surface area contributed by atoms with Crippen molar-refractivity contribution < 1.29 is 4.79 Å². The summed E-state index contributed by atoms with van der Waals surface area (Å²) in [6.45, 7) is 8.36. The predicted octanol–water partition coefficient (Wildman–Crippen LogP) is 2.30. The highest BCUT2D eigenvalue weighted by molar-refractivity contribution is 5.85. The van der Waals surface area contributed by atoms with E-state index >= 15 is 0 Å². The Kier molecular flexibility index (Phi) is 6.44. The van der Waals surface area contributed by atoms with Crippen molar-refractivity contribution in [3.63, 3.8) is 0 Å². The molecule has 0 bridgehead atoms. The molecule has 2 fully saturated rings. The number of amides is 1. The second-order valence-corrected chi connectivity index (χ2v) is 5.93. The summed E-state index contributed by atoms with van der Waals surface area (Å²) >= 11 is 0. The van der Waals surface area contributed by atoms with Crippen molar-refractivity contribution in [1.29, 1.82) is 0 Å². The molecule has 1 amide bonds. The molecule has 0 unspecified atom stereocenters. The molecule has 1 aliphatic carbocycles. The molecule has 1 aliphatic heterocycles. The van der Waals surface area contributed by atoms with Gasteiger partial charge in [-0.25, -0.2) is 0 Å². The zero-order valence-electron chi connectivity index (χ0n) is 11.7. The van der Waals surface area contributed by atoms with Crippen molar-refractivity contribution in [3.8, 4) is 0 Å². The summed E-state index contributed by atoms with van der Waals surface area (Å²) in [6.07, 6.45) is 4.73. The molecular weight excluding hydrogens is 248 g/mol. The predicted molar refractivity (Wildman–Crippen MR) is 77.0 cm³/mol. The van der Waals surface area contributed by atoms with Gasteiger partial charge in [-0.3, -0.25) is 4.79 Å². The van der Waals surface area contributed by atoms with E-state index in [9.17, 15) is 4.79 Å². The number of nitrogens with one attached hydrogen (secondary N) is 1. The lowest BCUT2D eigenvalue weighted by atomic mass is 9.76. The SMILES string of the molecule is CC(C)C1CCC(C(=O)N2CCNCC2)CC1.Cl. The fourth-order valence-corrected chi connectivity index (χ4v) is 3.18. The molecule has 0 radical (unpaired) electrons. The van der Waals surface area contributed by atoms with Gasteiger partial charge in [-0.1, -0.05) is 13.8 Å². The number of hydrogen-bond acceptors (Lipinski definition) is 2. The summed E-state index contributed by atoms with van der Waals surface area (Å²) in [7, 11) is 0. The summed E-state index contributed by atoms with van der Waals surface area (Å²) in [5, 5.41) is 3.30. The van der Waals surface area contributed by atoms with Crippen LogP contribution >= 0.6 is 12.4 Å². The molecule has 1 heterocycles. The van der Waals surface area contributed by atoms with Crippen molar-refractivity contribution >= 4 is 18.3 Å². The number of carbonyl (C=O) groups is 1. The van der Waals surface area contributed by atoms with Gasteiger partial charge in [0.15, 0.2) is 0 Å². The van der Waals surface area contributed by atoms with Gasteiger partial charge in [-0.05, 0) is 37.5 Å². The quantitative estimate of drug-likeness (QED) is 0.838. The normalized spacial score (nSPS) is 28.9. The van der Waals surface area contributed by atoms with E-state index in [2.05, 4.69) is 24.1 Å². The lowest BCUT2D eigenvalue weighted by Gasteiger charge is -2.35. The van der Waals surface area contributed by atoms with Crippen LogP contribution in [0.2, 0.25) is 0 Å². The highest BCUT2D eigenvalue weighted by Crippen LogP contribution is 2.34. The lowest BCUT2D eigenvalue weighted by molar-refractivity contribution is -0.137. The van der Waals surface area contributed by atoms with Crippen LogP contribution in [0.4, 0.5) is 0 Å². The average molecular weight is 275 g/mol. The molecule has 2 rings (SSSR count). The summed E-state index contributed by atoms with van der Waals surface area (Å²) in [6, 6.07) is 0. The molecular formula is C14H27ClN2O. The molecule has 0 aromatic heterocycles. The van der Waals surface area contributed by atoms with E-state index in [0.717, 1.165) is 50.9 Å². The van der Waals surface area contributed by atoms with Gasteiger partial charge in [0.1, 0.15) is 0 Å². The van der Waals surface area contributed by atoms with Crippen molar-refractivity contribution in [2.45, 2.75) is 39.5 Å². The smallest absolute Gasteiger partial charge is 0.225 e. The Bertz CT molecular complexity index is 257. The number of hydrogen-bond donors (Lipinski definition) is 1. The van der Waals surface area contributed by atoms with Gasteiger partial charge in [0.05, 0.1) is 0 Å². The molecule has 4 heteroatoms. The van der Waals surface area contributed by atoms with E-state index in [1.54, 1.807) is 0 Å². The molecule has 0 spiro atoms. The van der Waals surface area contributed by atoms with Crippen LogP contribution in [0.15, 0.2) is 0 Å². The molecule has 0 atom stereocenters. The molecule has 0 aromatic carbocycles. The molecule has 18 heavy (non-hydrogen) atoms. The van der Waals surface area contributed by atoms with E-state index in [1.165, 1.54) is 12.8 Å². The van der Waals surface area contributed by atoms with Gasteiger partial charge in [-0.2, -0.15) is 0 Å². The average Bonchev–Trinajstić information content (AvgIpc) is 2.39. The van der Waals surface area contributed by atoms with Crippen LogP contribution in [0.1, 0.15) is 39.5 Å². The third-order valence-corrected chi connectivity index (χ3v) is 4.49. The minimum atomic E-state index is 0. The van der Waals surface area contributed by atoms with Crippen molar-refractivity contribution in [2.75, 3.05) is 26.2 Å². The number of piperazine rings is 1. The summed E-state index contributed by atoms with van der Waals surface area (Å²) in [4.78, 5) is 14.4. The monoisotopic (exact) mass is 274 g/mol. The van der Waals surface area contributed by atoms with Gasteiger partial charge >= 0.3 is 0 Å². The van der Waals surface area contributed by atoms with Gasteiger partial charge in [0.2, 0.25) is 5.91 Å². The number of carbonyl (C=O) groups excluding carboxylic acids is 1. The van der Waals surface area contributed by atoms with E-state index in [4.69, 9.17) is 0 Å². The first-order valence-corrected chi connectivity index (χ1v) is 7.18. The maximum Gasteiger partial charge on any atom is 0.225 e. The molecule has 0 aromatic rings.